The minimum absolute atomic E-state index is 0.262. The molecule has 0 bridgehead atoms. The van der Waals surface area contributed by atoms with E-state index in [1.165, 1.54) is 4.90 Å². The lowest BCUT2D eigenvalue weighted by atomic mass is 10.1. The minimum atomic E-state index is -3.45. The van der Waals surface area contributed by atoms with Gasteiger partial charge in [0.1, 0.15) is 11.5 Å². The van der Waals surface area contributed by atoms with Crippen molar-refractivity contribution in [3.63, 3.8) is 0 Å². The van der Waals surface area contributed by atoms with E-state index in [2.05, 4.69) is 4.72 Å². The summed E-state index contributed by atoms with van der Waals surface area (Å²) in [5.41, 5.74) is 0.552. The topological polar surface area (TPSA) is 79.6 Å². The summed E-state index contributed by atoms with van der Waals surface area (Å²) in [6.45, 7) is 2.14. The molecule has 1 N–H and O–H groups in total. The van der Waals surface area contributed by atoms with Crippen LogP contribution in [0.15, 0.2) is 40.8 Å². The van der Waals surface area contributed by atoms with Crippen molar-refractivity contribution in [3.05, 3.63) is 53.5 Å². The molecule has 1 aromatic heterocycles. The molecule has 0 aliphatic carbocycles. The Kier molecular flexibility index (Phi) is 4.56. The third kappa shape index (κ3) is 4.11. The molecule has 118 valence electrons. The van der Waals surface area contributed by atoms with Crippen LogP contribution in [0.5, 0.6) is 0 Å². The molecule has 0 aliphatic rings. The lowest BCUT2D eigenvalue weighted by Crippen LogP contribution is -2.27. The summed E-state index contributed by atoms with van der Waals surface area (Å²) in [5.74, 6) is 1.15. The molecule has 0 saturated carbocycles. The van der Waals surface area contributed by atoms with Crippen LogP contribution in [-0.2, 0) is 16.6 Å². The van der Waals surface area contributed by atoms with Crippen molar-refractivity contribution < 1.29 is 17.6 Å². The average molecular weight is 322 g/mol. The van der Waals surface area contributed by atoms with Crippen molar-refractivity contribution in [2.45, 2.75) is 13.5 Å². The lowest BCUT2D eigenvalue weighted by Gasteiger charge is -2.18. The van der Waals surface area contributed by atoms with Crippen molar-refractivity contribution >= 4 is 21.6 Å². The van der Waals surface area contributed by atoms with Crippen LogP contribution in [0.4, 0.5) is 5.69 Å². The number of nitrogens with one attached hydrogen (secondary N) is 1. The number of carbonyl (C=O) groups excluding carboxylic acids is 1. The zero-order valence-electron chi connectivity index (χ0n) is 12.7. The Hall–Kier alpha value is -2.28. The van der Waals surface area contributed by atoms with Gasteiger partial charge in [0.15, 0.2) is 0 Å². The first-order chi connectivity index (χ1) is 10.3. The maximum atomic E-state index is 12.5. The highest BCUT2D eigenvalue weighted by molar-refractivity contribution is 7.92. The molecule has 0 radical (unpaired) electrons. The molecular weight excluding hydrogens is 304 g/mol. The third-order valence-corrected chi connectivity index (χ3v) is 3.58. The normalized spacial score (nSPS) is 11.2. The summed E-state index contributed by atoms with van der Waals surface area (Å²) >= 11 is 0. The first-order valence-corrected chi connectivity index (χ1v) is 8.53. The van der Waals surface area contributed by atoms with Crippen LogP contribution in [0.25, 0.3) is 0 Å². The monoisotopic (exact) mass is 322 g/mol. The molecule has 0 fully saturated rings. The molecule has 0 saturated heterocycles. The molecule has 1 amide bonds. The molecular formula is C15H18N2O4S. The second kappa shape index (κ2) is 6.23. The number of hydrogen-bond acceptors (Lipinski definition) is 4. The fraction of sp³-hybridized carbons (Fsp3) is 0.267. The van der Waals surface area contributed by atoms with Crippen LogP contribution < -0.4 is 4.72 Å². The number of para-hydroxylation sites is 1. The second-order valence-electron chi connectivity index (χ2n) is 5.09. The predicted molar refractivity (Wildman–Crippen MR) is 84.2 cm³/mol. The van der Waals surface area contributed by atoms with Gasteiger partial charge in [0.25, 0.3) is 5.91 Å². The van der Waals surface area contributed by atoms with E-state index in [0.29, 0.717) is 17.9 Å². The zero-order chi connectivity index (χ0) is 16.3. The van der Waals surface area contributed by atoms with Gasteiger partial charge < -0.3 is 9.32 Å². The van der Waals surface area contributed by atoms with Crippen LogP contribution in [0.3, 0.4) is 0 Å². The Morgan fingerprint density at radius 3 is 2.50 bits per heavy atom. The maximum absolute atomic E-state index is 12.5. The predicted octanol–water partition coefficient (Wildman–Crippen LogP) is 2.23. The highest BCUT2D eigenvalue weighted by atomic mass is 32.2. The third-order valence-electron chi connectivity index (χ3n) is 2.99. The van der Waals surface area contributed by atoms with E-state index in [4.69, 9.17) is 4.42 Å². The number of rotatable bonds is 5. The largest absolute Gasteiger partial charge is 0.464 e. The molecule has 2 aromatic rings. The highest BCUT2D eigenvalue weighted by Gasteiger charge is 2.18. The van der Waals surface area contributed by atoms with E-state index in [9.17, 15) is 13.2 Å². The molecule has 2 rings (SSSR count). The molecule has 0 aliphatic heterocycles. The van der Waals surface area contributed by atoms with Gasteiger partial charge in [-0.15, -0.1) is 0 Å². The van der Waals surface area contributed by atoms with E-state index in [1.807, 2.05) is 13.0 Å². The van der Waals surface area contributed by atoms with Gasteiger partial charge in [-0.3, -0.25) is 9.52 Å². The van der Waals surface area contributed by atoms with Gasteiger partial charge in [0, 0.05) is 7.05 Å². The van der Waals surface area contributed by atoms with Gasteiger partial charge in [-0.2, -0.15) is 0 Å². The Morgan fingerprint density at radius 2 is 1.91 bits per heavy atom. The summed E-state index contributed by atoms with van der Waals surface area (Å²) < 4.78 is 30.6. The van der Waals surface area contributed by atoms with Gasteiger partial charge >= 0.3 is 0 Å². The van der Waals surface area contributed by atoms with Crippen LogP contribution in [0, 0.1) is 6.92 Å². The van der Waals surface area contributed by atoms with Crippen LogP contribution >= 0.6 is 0 Å². The highest BCUT2D eigenvalue weighted by Crippen LogP contribution is 2.19. The Bertz CT molecular complexity index is 780. The second-order valence-corrected chi connectivity index (χ2v) is 6.84. The Morgan fingerprint density at radius 1 is 1.23 bits per heavy atom. The lowest BCUT2D eigenvalue weighted by molar-refractivity contribution is 0.0776. The fourth-order valence-corrected chi connectivity index (χ4v) is 2.62. The molecule has 6 nitrogen and oxygen atoms in total. The molecule has 22 heavy (non-hydrogen) atoms. The van der Waals surface area contributed by atoms with Crippen molar-refractivity contribution in [2.24, 2.45) is 0 Å². The summed E-state index contributed by atoms with van der Waals surface area (Å²) in [4.78, 5) is 14.0. The van der Waals surface area contributed by atoms with Crippen LogP contribution in [-0.4, -0.2) is 32.5 Å². The molecule has 1 heterocycles. The number of nitrogens with zero attached hydrogens (tertiary/aromatic N) is 1. The number of amides is 1. The molecule has 0 spiro atoms. The zero-order valence-corrected chi connectivity index (χ0v) is 13.5. The van der Waals surface area contributed by atoms with E-state index in [-0.39, 0.29) is 11.6 Å². The number of carbonyl (C=O) groups is 1. The molecule has 0 unspecified atom stereocenters. The quantitative estimate of drug-likeness (QED) is 0.915. The van der Waals surface area contributed by atoms with Crippen molar-refractivity contribution in [3.8, 4) is 0 Å². The summed E-state index contributed by atoms with van der Waals surface area (Å²) in [6.07, 6.45) is 1.05. The molecule has 0 atom stereocenters. The summed E-state index contributed by atoms with van der Waals surface area (Å²) in [7, 11) is -1.82. The average Bonchev–Trinajstić information content (AvgIpc) is 2.82. The maximum Gasteiger partial charge on any atom is 0.256 e. The van der Waals surface area contributed by atoms with Gasteiger partial charge in [-0.05, 0) is 31.2 Å². The Labute approximate surface area is 129 Å². The van der Waals surface area contributed by atoms with Crippen LogP contribution in [0.2, 0.25) is 0 Å². The molecule has 7 heteroatoms. The van der Waals surface area contributed by atoms with Crippen molar-refractivity contribution in [2.75, 3.05) is 18.0 Å². The number of furan rings is 1. The van der Waals surface area contributed by atoms with Gasteiger partial charge in [0.2, 0.25) is 10.0 Å². The summed E-state index contributed by atoms with van der Waals surface area (Å²) in [5, 5.41) is 0. The van der Waals surface area contributed by atoms with E-state index < -0.39 is 10.0 Å². The number of hydrogen-bond donors (Lipinski definition) is 1. The number of aryl methyl sites for hydroxylation is 1. The summed E-state index contributed by atoms with van der Waals surface area (Å²) in [6, 6.07) is 10.1. The standard InChI is InChI=1S/C15H18N2O4S/c1-11-8-9-12(21-11)10-17(2)15(18)13-6-4-5-7-14(13)16-22(3,19)20/h4-9,16H,10H2,1-3H3. The fourth-order valence-electron chi connectivity index (χ4n) is 2.04. The van der Waals surface area contributed by atoms with Crippen molar-refractivity contribution in [1.82, 2.24) is 4.90 Å². The SMILES string of the molecule is Cc1ccc(CN(C)C(=O)c2ccccc2NS(C)(=O)=O)o1. The van der Waals surface area contributed by atoms with Crippen LogP contribution in [0.1, 0.15) is 21.9 Å². The Balaban J connectivity index is 2.21. The number of anilines is 1. The van der Waals surface area contributed by atoms with Gasteiger partial charge in [0.05, 0.1) is 24.1 Å². The van der Waals surface area contributed by atoms with E-state index in [0.717, 1.165) is 12.0 Å². The smallest absolute Gasteiger partial charge is 0.256 e. The van der Waals surface area contributed by atoms with E-state index >= 15 is 0 Å². The first kappa shape index (κ1) is 16.1. The first-order valence-electron chi connectivity index (χ1n) is 6.64. The minimum Gasteiger partial charge on any atom is -0.464 e. The number of sulfonamides is 1. The molecule has 1 aromatic carbocycles. The van der Waals surface area contributed by atoms with E-state index in [1.54, 1.807) is 37.4 Å². The van der Waals surface area contributed by atoms with Gasteiger partial charge in [-0.1, -0.05) is 12.1 Å². The number of benzene rings is 1. The van der Waals surface area contributed by atoms with Gasteiger partial charge in [-0.25, -0.2) is 8.42 Å². The van der Waals surface area contributed by atoms with Crippen molar-refractivity contribution in [1.29, 1.82) is 0 Å².